The molecule has 0 N–H and O–H groups in total. The van der Waals surface area contributed by atoms with E-state index in [-0.39, 0.29) is 28.3 Å². The average Bonchev–Trinajstić information content (AvgIpc) is 2.89. The number of ether oxygens (including phenoxy) is 2. The van der Waals surface area contributed by atoms with Gasteiger partial charge in [0, 0.05) is 25.4 Å². The fourth-order valence-electron chi connectivity index (χ4n) is 6.04. The summed E-state index contributed by atoms with van der Waals surface area (Å²) in [6.45, 7) is 2.10. The summed E-state index contributed by atoms with van der Waals surface area (Å²) >= 11 is 7.01. The molecule has 2 aromatic rings. The van der Waals surface area contributed by atoms with Crippen molar-refractivity contribution in [2.45, 2.75) is 88.9 Å². The van der Waals surface area contributed by atoms with Gasteiger partial charge in [-0.2, -0.15) is 0 Å². The van der Waals surface area contributed by atoms with Crippen molar-refractivity contribution in [3.05, 3.63) is 53.1 Å². The Bertz CT molecular complexity index is 940. The normalized spacial score (nSPS) is 17.5. The summed E-state index contributed by atoms with van der Waals surface area (Å²) in [5.41, 5.74) is 5.26. The van der Waals surface area contributed by atoms with E-state index in [1.165, 1.54) is 80.6 Å². The first-order chi connectivity index (χ1) is 16.7. The van der Waals surface area contributed by atoms with Gasteiger partial charge >= 0.3 is 0 Å². The van der Waals surface area contributed by atoms with E-state index < -0.39 is 0 Å². The number of methoxy groups -OCH3 is 2. The largest absolute Gasteiger partial charge is 0.496 e. The van der Waals surface area contributed by atoms with Crippen LogP contribution in [-0.4, -0.2) is 25.5 Å². The Hall–Kier alpha value is -0.838. The Kier molecular flexibility index (Phi) is 11.7. The predicted octanol–water partition coefficient (Wildman–Crippen LogP) is 8.91. The van der Waals surface area contributed by atoms with Crippen LogP contribution in [0.3, 0.4) is 0 Å². The van der Waals surface area contributed by atoms with Crippen LogP contribution in [0.1, 0.15) is 76.7 Å². The van der Waals surface area contributed by atoms with Gasteiger partial charge < -0.3 is 9.47 Å². The average molecular weight is 605 g/mol. The van der Waals surface area contributed by atoms with Gasteiger partial charge in [-0.25, -0.2) is 0 Å². The van der Waals surface area contributed by atoms with E-state index in [2.05, 4.69) is 43.3 Å². The van der Waals surface area contributed by atoms with E-state index in [0.29, 0.717) is 0 Å². The minimum absolute atomic E-state index is 0. The zero-order valence-corrected chi connectivity index (χ0v) is 24.6. The molecule has 2 aromatic carbocycles. The van der Waals surface area contributed by atoms with E-state index >= 15 is 0 Å². The maximum absolute atomic E-state index is 7.01. The van der Waals surface area contributed by atoms with E-state index in [1.54, 1.807) is 14.2 Å². The molecule has 0 aromatic heterocycles. The van der Waals surface area contributed by atoms with E-state index in [0.717, 1.165) is 39.8 Å². The smallest absolute Gasteiger partial charge is 0.130 e. The number of hydrogen-bond acceptors (Lipinski definition) is 2. The molecule has 4 rings (SSSR count). The summed E-state index contributed by atoms with van der Waals surface area (Å²) in [5, 5.41) is 2.44. The van der Waals surface area contributed by atoms with Crippen LogP contribution in [0.5, 0.6) is 11.5 Å². The molecule has 2 aliphatic rings. The molecule has 0 amide bonds. The fraction of sp³-hybridized carbons (Fsp3) is 0.533. The first kappa shape index (κ1) is 28.7. The van der Waals surface area contributed by atoms with Crippen molar-refractivity contribution in [1.29, 1.82) is 0 Å². The number of hydrogen-bond donors (Lipinski definition) is 0. The van der Waals surface area contributed by atoms with Crippen molar-refractivity contribution in [1.82, 2.24) is 0 Å². The van der Waals surface area contributed by atoms with Gasteiger partial charge in [0.1, 0.15) is 11.5 Å². The summed E-state index contributed by atoms with van der Waals surface area (Å²) in [4.78, 5) is 0. The van der Waals surface area contributed by atoms with Crippen LogP contribution in [0.15, 0.2) is 42.5 Å². The first-order valence-electron chi connectivity index (χ1n) is 13.1. The van der Waals surface area contributed by atoms with Crippen LogP contribution in [0.4, 0.5) is 0 Å². The molecule has 0 saturated heterocycles. The van der Waals surface area contributed by atoms with Gasteiger partial charge in [0.2, 0.25) is 0 Å². The van der Waals surface area contributed by atoms with Gasteiger partial charge in [0.25, 0.3) is 0 Å². The monoisotopic (exact) mass is 604 g/mol. The van der Waals surface area contributed by atoms with Gasteiger partial charge in [-0.15, -0.1) is 0 Å². The molecule has 2 nitrogen and oxygen atoms in total. The minimum atomic E-state index is -0.354. The van der Waals surface area contributed by atoms with Crippen molar-refractivity contribution in [3.63, 3.8) is 0 Å². The molecular weight excluding hydrogens is 565 g/mol. The SMILES string of the molecule is CC=CCc1c(Cl)ccc(-c2c(OC)cccc2OC)c1P(C1CCCCC1)C1CCCCC1.[Pd]. The quantitative estimate of drug-likeness (QED) is 0.170. The van der Waals surface area contributed by atoms with E-state index in [1.807, 2.05) is 6.07 Å². The minimum Gasteiger partial charge on any atom is -0.496 e. The number of allylic oxidation sites excluding steroid dienone is 2. The molecule has 2 aliphatic carbocycles. The second-order valence-electron chi connectivity index (χ2n) is 9.72. The Morgan fingerprint density at radius 1 is 0.857 bits per heavy atom. The third kappa shape index (κ3) is 6.54. The summed E-state index contributed by atoms with van der Waals surface area (Å²) in [6, 6.07) is 10.5. The summed E-state index contributed by atoms with van der Waals surface area (Å²) in [7, 11) is 3.17. The van der Waals surface area contributed by atoms with Crippen LogP contribution in [0, 0.1) is 0 Å². The Morgan fingerprint density at radius 3 is 1.89 bits per heavy atom. The predicted molar refractivity (Wildman–Crippen MR) is 149 cm³/mol. The Balaban J connectivity index is 0.00000342. The zero-order valence-electron chi connectivity index (χ0n) is 21.4. The van der Waals surface area contributed by atoms with E-state index in [4.69, 9.17) is 21.1 Å². The molecule has 35 heavy (non-hydrogen) atoms. The first-order valence-corrected chi connectivity index (χ1v) is 15.0. The number of rotatable bonds is 8. The summed E-state index contributed by atoms with van der Waals surface area (Å²) in [6.07, 6.45) is 19.0. The topological polar surface area (TPSA) is 18.5 Å². The molecule has 0 atom stereocenters. The van der Waals surface area contributed by atoms with Gasteiger partial charge in [-0.3, -0.25) is 0 Å². The molecular formula is C30H40ClO2PPd. The second-order valence-corrected chi connectivity index (χ2v) is 12.9. The molecule has 2 fully saturated rings. The van der Waals surface area contributed by atoms with Gasteiger partial charge in [0.05, 0.1) is 19.8 Å². The van der Waals surface area contributed by atoms with Gasteiger partial charge in [0.15, 0.2) is 0 Å². The standard InChI is InChI=1S/C30H40ClO2P.Pd/c1-4-5-17-24-26(31)21-20-25(29-27(32-2)18-12-19-28(29)33-3)30(24)34(22-13-8-6-9-14-22)23-15-10-7-11-16-23;/h4-5,12,18-23H,6-11,13-17H2,1-3H3;. The van der Waals surface area contributed by atoms with Crippen LogP contribution in [-0.2, 0) is 26.8 Å². The van der Waals surface area contributed by atoms with Crippen LogP contribution in [0.25, 0.3) is 11.1 Å². The molecule has 194 valence electrons. The third-order valence-corrected chi connectivity index (χ3v) is 11.7. The molecule has 2 saturated carbocycles. The maximum Gasteiger partial charge on any atom is 0.130 e. The third-order valence-electron chi connectivity index (χ3n) is 7.67. The Morgan fingerprint density at radius 2 is 1.40 bits per heavy atom. The second kappa shape index (κ2) is 14.2. The van der Waals surface area contributed by atoms with Crippen molar-refractivity contribution >= 4 is 24.8 Å². The summed E-state index contributed by atoms with van der Waals surface area (Å²) < 4.78 is 11.8. The fourth-order valence-corrected chi connectivity index (χ4v) is 10.5. The van der Waals surface area contributed by atoms with Crippen molar-refractivity contribution in [2.75, 3.05) is 14.2 Å². The van der Waals surface area contributed by atoms with Crippen LogP contribution >= 0.6 is 19.5 Å². The number of benzene rings is 2. The van der Waals surface area contributed by atoms with Crippen molar-refractivity contribution in [3.8, 4) is 22.6 Å². The van der Waals surface area contributed by atoms with Crippen molar-refractivity contribution in [2.24, 2.45) is 0 Å². The summed E-state index contributed by atoms with van der Waals surface area (Å²) in [5.74, 6) is 1.75. The molecule has 5 heteroatoms. The van der Waals surface area contributed by atoms with Crippen molar-refractivity contribution < 1.29 is 29.9 Å². The maximum atomic E-state index is 7.01. The molecule has 0 heterocycles. The molecule has 0 aliphatic heterocycles. The van der Waals surface area contributed by atoms with Gasteiger partial charge in [-0.1, -0.05) is 82.3 Å². The Labute approximate surface area is 232 Å². The molecule has 0 spiro atoms. The zero-order chi connectivity index (χ0) is 23.9. The molecule has 0 unspecified atom stereocenters. The van der Waals surface area contributed by atoms with Crippen LogP contribution < -0.4 is 14.8 Å². The molecule has 0 bridgehead atoms. The van der Waals surface area contributed by atoms with Gasteiger partial charge in [-0.05, 0) is 85.0 Å². The van der Waals surface area contributed by atoms with E-state index in [9.17, 15) is 0 Å². The van der Waals surface area contributed by atoms with Crippen LogP contribution in [0.2, 0.25) is 5.02 Å². The number of halogens is 1. The molecule has 0 radical (unpaired) electrons.